The number of amides is 1. The van der Waals surface area contributed by atoms with E-state index < -0.39 is 0 Å². The van der Waals surface area contributed by atoms with Gasteiger partial charge in [-0.1, -0.05) is 90.6 Å². The molecule has 0 fully saturated rings. The first-order valence-electron chi connectivity index (χ1n) is 10.3. The predicted molar refractivity (Wildman–Crippen MR) is 124 cm³/mol. The van der Waals surface area contributed by atoms with E-state index in [1.165, 1.54) is 22.9 Å². The first-order chi connectivity index (χ1) is 15.3. The van der Waals surface area contributed by atoms with Crippen LogP contribution in [-0.4, -0.2) is 33.0 Å². The van der Waals surface area contributed by atoms with Crippen molar-refractivity contribution in [1.29, 1.82) is 0 Å². The van der Waals surface area contributed by atoms with Crippen LogP contribution in [0.3, 0.4) is 0 Å². The maximum Gasteiger partial charge on any atom is 0.237 e. The highest BCUT2D eigenvalue weighted by atomic mass is 32.2. The Kier molecular flexibility index (Phi) is 5.54. The van der Waals surface area contributed by atoms with Gasteiger partial charge in [0.2, 0.25) is 5.91 Å². The van der Waals surface area contributed by atoms with E-state index in [0.29, 0.717) is 12.3 Å². The number of nitrogens with zero attached hydrogens (tertiary/aromatic N) is 4. The van der Waals surface area contributed by atoms with E-state index in [4.69, 9.17) is 0 Å². The van der Waals surface area contributed by atoms with Crippen LogP contribution >= 0.6 is 11.8 Å². The van der Waals surface area contributed by atoms with Crippen LogP contribution in [0.2, 0.25) is 0 Å². The van der Waals surface area contributed by atoms with E-state index in [9.17, 15) is 4.79 Å². The third-order valence-corrected chi connectivity index (χ3v) is 6.40. The quantitative estimate of drug-likeness (QED) is 0.420. The molecule has 0 saturated heterocycles. The Bertz CT molecular complexity index is 1190. The fourth-order valence-electron chi connectivity index (χ4n) is 3.91. The van der Waals surface area contributed by atoms with Gasteiger partial charge in [0.1, 0.15) is 0 Å². The lowest BCUT2D eigenvalue weighted by Crippen LogP contribution is -2.30. The summed E-state index contributed by atoms with van der Waals surface area (Å²) < 4.78 is 2.10. The van der Waals surface area contributed by atoms with Gasteiger partial charge in [0.15, 0.2) is 11.0 Å². The summed E-state index contributed by atoms with van der Waals surface area (Å²) in [6.07, 6.45) is 0.912. The van der Waals surface area contributed by atoms with Crippen molar-refractivity contribution in [2.24, 2.45) is 0 Å². The number of aromatic nitrogens is 3. The van der Waals surface area contributed by atoms with Crippen LogP contribution in [0.1, 0.15) is 11.1 Å². The zero-order chi connectivity index (χ0) is 21.0. The molecule has 1 amide bonds. The lowest BCUT2D eigenvalue weighted by Gasteiger charge is -2.17. The van der Waals surface area contributed by atoms with Crippen molar-refractivity contribution in [3.63, 3.8) is 0 Å². The van der Waals surface area contributed by atoms with E-state index >= 15 is 0 Å². The highest BCUT2D eigenvalue weighted by molar-refractivity contribution is 7.99. The summed E-state index contributed by atoms with van der Waals surface area (Å²) in [6.45, 7) is 1.39. The number of carbonyl (C=O) groups excluding carboxylic acids is 1. The number of rotatable bonds is 6. The van der Waals surface area contributed by atoms with Crippen LogP contribution in [0, 0.1) is 0 Å². The van der Waals surface area contributed by atoms with E-state index in [0.717, 1.165) is 35.2 Å². The summed E-state index contributed by atoms with van der Waals surface area (Å²) in [5.74, 6) is 1.24. The standard InChI is InChI=1S/C25H22N4OS/c30-23(28-16-15-20-11-7-8-14-22(20)28)18-31-25-27-26-24(21-12-5-2-6-13-21)29(25)17-19-9-3-1-4-10-19/h1-14H,15-18H2. The molecule has 0 bridgehead atoms. The molecule has 31 heavy (non-hydrogen) atoms. The molecule has 1 aromatic heterocycles. The normalized spacial score (nSPS) is 12.7. The minimum Gasteiger partial charge on any atom is -0.311 e. The molecular formula is C25H22N4OS. The molecule has 5 rings (SSSR count). The van der Waals surface area contributed by atoms with Crippen molar-refractivity contribution < 1.29 is 4.79 Å². The van der Waals surface area contributed by atoms with Gasteiger partial charge in [-0.3, -0.25) is 9.36 Å². The number of para-hydroxylation sites is 1. The largest absolute Gasteiger partial charge is 0.311 e. The summed E-state index contributed by atoms with van der Waals surface area (Å²) in [7, 11) is 0. The molecule has 4 aromatic rings. The fourth-order valence-corrected chi connectivity index (χ4v) is 4.72. The number of anilines is 1. The Balaban J connectivity index is 1.39. The molecule has 3 aromatic carbocycles. The van der Waals surface area contributed by atoms with Gasteiger partial charge in [0.25, 0.3) is 0 Å². The molecule has 0 radical (unpaired) electrons. The maximum atomic E-state index is 13.0. The molecular weight excluding hydrogens is 404 g/mol. The van der Waals surface area contributed by atoms with Gasteiger partial charge in [-0.05, 0) is 23.6 Å². The topological polar surface area (TPSA) is 51.0 Å². The Morgan fingerprint density at radius 2 is 1.58 bits per heavy atom. The minimum atomic E-state index is 0.102. The maximum absolute atomic E-state index is 13.0. The van der Waals surface area contributed by atoms with Gasteiger partial charge in [-0.25, -0.2) is 0 Å². The van der Waals surface area contributed by atoms with Crippen LogP contribution < -0.4 is 4.90 Å². The van der Waals surface area contributed by atoms with Crippen molar-refractivity contribution in [3.05, 3.63) is 96.1 Å². The van der Waals surface area contributed by atoms with Gasteiger partial charge in [-0.15, -0.1) is 10.2 Å². The van der Waals surface area contributed by atoms with Crippen LogP contribution in [0.25, 0.3) is 11.4 Å². The lowest BCUT2D eigenvalue weighted by molar-refractivity contribution is -0.116. The van der Waals surface area contributed by atoms with E-state index in [2.05, 4.69) is 33.0 Å². The second-order valence-electron chi connectivity index (χ2n) is 7.46. The van der Waals surface area contributed by atoms with Gasteiger partial charge in [-0.2, -0.15) is 0 Å². The van der Waals surface area contributed by atoms with E-state index in [1.54, 1.807) is 0 Å². The summed E-state index contributed by atoms with van der Waals surface area (Å²) in [6, 6.07) is 28.4. The Labute approximate surface area is 185 Å². The zero-order valence-electron chi connectivity index (χ0n) is 17.0. The summed E-state index contributed by atoms with van der Waals surface area (Å²) in [4.78, 5) is 14.9. The smallest absolute Gasteiger partial charge is 0.237 e. The molecule has 1 aliphatic heterocycles. The molecule has 1 aliphatic rings. The Morgan fingerprint density at radius 1 is 0.871 bits per heavy atom. The predicted octanol–water partition coefficient (Wildman–Crippen LogP) is 4.67. The molecule has 0 aliphatic carbocycles. The number of benzene rings is 3. The number of fused-ring (bicyclic) bond motifs is 1. The van der Waals surface area contributed by atoms with Crippen LogP contribution in [0.15, 0.2) is 90.1 Å². The Hall–Kier alpha value is -3.38. The molecule has 0 N–H and O–H groups in total. The van der Waals surface area contributed by atoms with Crippen LogP contribution in [0.5, 0.6) is 0 Å². The van der Waals surface area contributed by atoms with Crippen molar-refractivity contribution in [2.75, 3.05) is 17.2 Å². The lowest BCUT2D eigenvalue weighted by atomic mass is 10.2. The summed E-state index contributed by atoms with van der Waals surface area (Å²) >= 11 is 1.45. The number of hydrogen-bond acceptors (Lipinski definition) is 4. The molecule has 5 nitrogen and oxygen atoms in total. The van der Waals surface area contributed by atoms with Crippen molar-refractivity contribution in [1.82, 2.24) is 14.8 Å². The van der Waals surface area contributed by atoms with Crippen molar-refractivity contribution in [2.45, 2.75) is 18.1 Å². The minimum absolute atomic E-state index is 0.102. The molecule has 0 unspecified atom stereocenters. The third-order valence-electron chi connectivity index (χ3n) is 5.45. The average molecular weight is 427 g/mol. The number of thioether (sulfide) groups is 1. The number of carbonyl (C=O) groups is 1. The van der Waals surface area contributed by atoms with E-state index in [-0.39, 0.29) is 5.91 Å². The number of hydrogen-bond donors (Lipinski definition) is 0. The van der Waals surface area contributed by atoms with Gasteiger partial charge in [0, 0.05) is 17.8 Å². The molecule has 154 valence electrons. The van der Waals surface area contributed by atoms with Crippen LogP contribution in [-0.2, 0) is 17.8 Å². The fraction of sp³-hybridized carbons (Fsp3) is 0.160. The highest BCUT2D eigenvalue weighted by Crippen LogP contribution is 2.30. The SMILES string of the molecule is O=C(CSc1nnc(-c2ccccc2)n1Cc1ccccc1)N1CCc2ccccc21. The van der Waals surface area contributed by atoms with Gasteiger partial charge >= 0.3 is 0 Å². The molecule has 0 atom stereocenters. The third kappa shape index (κ3) is 4.11. The van der Waals surface area contributed by atoms with Crippen molar-refractivity contribution in [3.8, 4) is 11.4 Å². The molecule has 2 heterocycles. The summed E-state index contributed by atoms with van der Waals surface area (Å²) in [5, 5.41) is 9.65. The molecule has 6 heteroatoms. The monoisotopic (exact) mass is 426 g/mol. The van der Waals surface area contributed by atoms with Crippen LogP contribution in [0.4, 0.5) is 5.69 Å². The first kappa shape index (κ1) is 19.6. The van der Waals surface area contributed by atoms with Crippen molar-refractivity contribution >= 4 is 23.4 Å². The molecule has 0 saturated carbocycles. The first-order valence-corrected chi connectivity index (χ1v) is 11.3. The second kappa shape index (κ2) is 8.78. The van der Waals surface area contributed by atoms with Gasteiger partial charge in [0.05, 0.1) is 12.3 Å². The molecule has 0 spiro atoms. The average Bonchev–Trinajstić information content (AvgIpc) is 3.43. The Morgan fingerprint density at radius 3 is 2.39 bits per heavy atom. The van der Waals surface area contributed by atoms with Gasteiger partial charge < -0.3 is 4.90 Å². The summed E-state index contributed by atoms with van der Waals surface area (Å²) in [5.41, 5.74) is 4.45. The highest BCUT2D eigenvalue weighted by Gasteiger charge is 2.25. The van der Waals surface area contributed by atoms with E-state index in [1.807, 2.05) is 71.6 Å². The second-order valence-corrected chi connectivity index (χ2v) is 8.40. The zero-order valence-corrected chi connectivity index (χ0v) is 17.8.